The molecule has 0 spiro atoms. The number of amides is 1. The van der Waals surface area contributed by atoms with Crippen LogP contribution in [0, 0.1) is 0 Å². The quantitative estimate of drug-likeness (QED) is 0.715. The summed E-state index contributed by atoms with van der Waals surface area (Å²) in [6.45, 7) is 1.55. The van der Waals surface area contributed by atoms with Gasteiger partial charge in [0.2, 0.25) is 12.7 Å². The molecule has 7 heteroatoms. The van der Waals surface area contributed by atoms with Gasteiger partial charge in [-0.25, -0.2) is 4.79 Å². The Labute approximate surface area is 160 Å². The first-order valence-electron chi connectivity index (χ1n) is 9.05. The lowest BCUT2D eigenvalue weighted by atomic mass is 9.88. The maximum absolute atomic E-state index is 12.5. The monoisotopic (exact) mass is 378 g/mol. The summed E-state index contributed by atoms with van der Waals surface area (Å²) in [5.74, 6) is -0.0760. The Morgan fingerprint density at radius 2 is 1.93 bits per heavy atom. The van der Waals surface area contributed by atoms with E-state index in [4.69, 9.17) is 9.47 Å². The van der Waals surface area contributed by atoms with Crippen molar-refractivity contribution in [2.75, 3.05) is 6.79 Å². The lowest BCUT2D eigenvalue weighted by Gasteiger charge is -2.40. The lowest BCUT2D eigenvalue weighted by molar-refractivity contribution is -0.151. The van der Waals surface area contributed by atoms with Crippen molar-refractivity contribution >= 4 is 22.8 Å². The third-order valence-corrected chi connectivity index (χ3v) is 5.49. The number of H-pyrrole nitrogens is 1. The van der Waals surface area contributed by atoms with Crippen LogP contribution < -0.4 is 9.47 Å². The van der Waals surface area contributed by atoms with E-state index in [1.165, 1.54) is 11.8 Å². The second-order valence-corrected chi connectivity index (χ2v) is 7.06. The predicted molar refractivity (Wildman–Crippen MR) is 100 cm³/mol. The molecule has 28 heavy (non-hydrogen) atoms. The number of carboxylic acids is 1. The van der Waals surface area contributed by atoms with E-state index in [0.29, 0.717) is 11.5 Å². The van der Waals surface area contributed by atoms with Gasteiger partial charge in [-0.05, 0) is 29.3 Å². The number of hydrogen-bond acceptors (Lipinski definition) is 4. The van der Waals surface area contributed by atoms with Crippen LogP contribution in [0.3, 0.4) is 0 Å². The van der Waals surface area contributed by atoms with Gasteiger partial charge in [-0.3, -0.25) is 4.79 Å². The molecular formula is C21H18N2O5. The van der Waals surface area contributed by atoms with Crippen molar-refractivity contribution < 1.29 is 24.2 Å². The summed E-state index contributed by atoms with van der Waals surface area (Å²) in [4.78, 5) is 29.5. The zero-order valence-corrected chi connectivity index (χ0v) is 15.1. The fourth-order valence-electron chi connectivity index (χ4n) is 4.30. The molecule has 2 aliphatic rings. The summed E-state index contributed by atoms with van der Waals surface area (Å²) < 4.78 is 10.9. The van der Waals surface area contributed by atoms with Crippen LogP contribution in [0.1, 0.15) is 29.8 Å². The van der Waals surface area contributed by atoms with Gasteiger partial charge in [0.05, 0.1) is 6.04 Å². The number of benzene rings is 2. The Hall–Kier alpha value is -3.48. The summed E-state index contributed by atoms with van der Waals surface area (Å²) in [7, 11) is 0. The number of aromatic nitrogens is 1. The van der Waals surface area contributed by atoms with Crippen LogP contribution in [0.4, 0.5) is 0 Å². The van der Waals surface area contributed by atoms with E-state index < -0.39 is 18.1 Å². The van der Waals surface area contributed by atoms with Gasteiger partial charge in [0.15, 0.2) is 11.5 Å². The van der Waals surface area contributed by atoms with Crippen molar-refractivity contribution in [2.45, 2.75) is 25.4 Å². The number of para-hydroxylation sites is 1. The standard InChI is InChI=1S/C21H18N2O5/c1-11(24)23-16(21(25)26)9-14-13-4-2-3-5-15(13)22-19(14)20(23)12-6-7-17-18(8-12)28-10-27-17/h2-8,16,20,22H,9-10H2,1H3,(H,25,26)/t16-,20-/m1/s1. The first-order valence-corrected chi connectivity index (χ1v) is 9.05. The fraction of sp³-hybridized carbons (Fsp3) is 0.238. The molecule has 0 saturated heterocycles. The Morgan fingerprint density at radius 3 is 2.71 bits per heavy atom. The second-order valence-electron chi connectivity index (χ2n) is 7.06. The Balaban J connectivity index is 1.76. The minimum atomic E-state index is -1.02. The highest BCUT2D eigenvalue weighted by atomic mass is 16.7. The number of hydrogen-bond donors (Lipinski definition) is 2. The Kier molecular flexibility index (Phi) is 3.58. The largest absolute Gasteiger partial charge is 0.480 e. The zero-order chi connectivity index (χ0) is 19.4. The van der Waals surface area contributed by atoms with Crippen molar-refractivity contribution in [3.63, 3.8) is 0 Å². The molecule has 1 amide bonds. The molecule has 0 fully saturated rings. The molecule has 2 N–H and O–H groups in total. The summed E-state index contributed by atoms with van der Waals surface area (Å²) in [6.07, 6.45) is 0.259. The first kappa shape index (κ1) is 16.7. The van der Waals surface area contributed by atoms with E-state index in [9.17, 15) is 14.7 Å². The van der Waals surface area contributed by atoms with Gasteiger partial charge in [0, 0.05) is 29.9 Å². The van der Waals surface area contributed by atoms with Crippen molar-refractivity contribution in [1.82, 2.24) is 9.88 Å². The molecular weight excluding hydrogens is 360 g/mol. The van der Waals surface area contributed by atoms with Gasteiger partial charge in [-0.15, -0.1) is 0 Å². The third kappa shape index (κ3) is 2.36. The molecule has 0 saturated carbocycles. The van der Waals surface area contributed by atoms with Crippen LogP contribution in [0.15, 0.2) is 42.5 Å². The number of carboxylic acid groups (broad SMARTS) is 1. The average molecular weight is 378 g/mol. The van der Waals surface area contributed by atoms with Crippen LogP contribution in [0.2, 0.25) is 0 Å². The Morgan fingerprint density at radius 1 is 1.14 bits per heavy atom. The van der Waals surface area contributed by atoms with Crippen LogP contribution in [0.25, 0.3) is 10.9 Å². The highest BCUT2D eigenvalue weighted by molar-refractivity contribution is 5.90. The van der Waals surface area contributed by atoms with E-state index in [-0.39, 0.29) is 19.1 Å². The van der Waals surface area contributed by atoms with Gasteiger partial charge in [0.1, 0.15) is 6.04 Å². The number of nitrogens with one attached hydrogen (secondary N) is 1. The molecule has 7 nitrogen and oxygen atoms in total. The number of rotatable bonds is 2. The molecule has 3 aromatic rings. The van der Waals surface area contributed by atoms with E-state index >= 15 is 0 Å². The molecule has 2 aromatic carbocycles. The molecule has 2 aliphatic heterocycles. The molecule has 1 aromatic heterocycles. The topological polar surface area (TPSA) is 91.9 Å². The van der Waals surface area contributed by atoms with E-state index in [2.05, 4.69) is 4.98 Å². The van der Waals surface area contributed by atoms with Crippen LogP contribution >= 0.6 is 0 Å². The minimum absolute atomic E-state index is 0.148. The van der Waals surface area contributed by atoms with Crippen molar-refractivity contribution in [3.8, 4) is 11.5 Å². The van der Waals surface area contributed by atoms with E-state index in [1.54, 1.807) is 6.07 Å². The number of carbonyl (C=O) groups excluding carboxylic acids is 1. The maximum atomic E-state index is 12.5. The number of aliphatic carboxylic acids is 1. The number of carbonyl (C=O) groups is 2. The van der Waals surface area contributed by atoms with Gasteiger partial charge in [-0.2, -0.15) is 0 Å². The molecule has 0 radical (unpaired) electrons. The number of aromatic amines is 1. The van der Waals surface area contributed by atoms with Crippen LogP contribution in [0.5, 0.6) is 11.5 Å². The normalized spacial score (nSPS) is 20.2. The third-order valence-electron chi connectivity index (χ3n) is 5.49. The van der Waals surface area contributed by atoms with Gasteiger partial charge < -0.3 is 24.5 Å². The highest BCUT2D eigenvalue weighted by Crippen LogP contribution is 2.43. The second kappa shape index (κ2) is 6.02. The van der Waals surface area contributed by atoms with Gasteiger partial charge in [-0.1, -0.05) is 24.3 Å². The van der Waals surface area contributed by atoms with Crippen LogP contribution in [-0.2, 0) is 16.0 Å². The summed E-state index contributed by atoms with van der Waals surface area (Å²) in [6, 6.07) is 11.8. The van der Waals surface area contributed by atoms with Crippen molar-refractivity contribution in [1.29, 1.82) is 0 Å². The summed E-state index contributed by atoms with van der Waals surface area (Å²) >= 11 is 0. The molecule has 0 aliphatic carbocycles. The molecule has 0 unspecified atom stereocenters. The fourth-order valence-corrected chi connectivity index (χ4v) is 4.30. The number of nitrogens with zero attached hydrogens (tertiary/aromatic N) is 1. The van der Waals surface area contributed by atoms with E-state index in [0.717, 1.165) is 27.7 Å². The van der Waals surface area contributed by atoms with Gasteiger partial charge >= 0.3 is 5.97 Å². The Bertz CT molecular complexity index is 1120. The SMILES string of the molecule is CC(=O)N1[C@H](c2ccc3c(c2)OCO3)c2[nH]c3ccccc3c2C[C@@H]1C(=O)O. The molecule has 3 heterocycles. The maximum Gasteiger partial charge on any atom is 0.326 e. The van der Waals surface area contributed by atoms with Gasteiger partial charge in [0.25, 0.3) is 0 Å². The molecule has 142 valence electrons. The lowest BCUT2D eigenvalue weighted by Crippen LogP contribution is -2.50. The highest BCUT2D eigenvalue weighted by Gasteiger charge is 2.42. The van der Waals surface area contributed by atoms with Crippen LogP contribution in [-0.4, -0.2) is 39.7 Å². The first-order chi connectivity index (χ1) is 13.5. The molecule has 0 bridgehead atoms. The number of fused-ring (bicyclic) bond motifs is 4. The van der Waals surface area contributed by atoms with Crippen molar-refractivity contribution in [2.24, 2.45) is 0 Å². The van der Waals surface area contributed by atoms with E-state index in [1.807, 2.05) is 36.4 Å². The zero-order valence-electron chi connectivity index (χ0n) is 15.1. The minimum Gasteiger partial charge on any atom is -0.480 e. The average Bonchev–Trinajstić information content (AvgIpc) is 3.29. The predicted octanol–water partition coefficient (Wildman–Crippen LogP) is 2.84. The smallest absolute Gasteiger partial charge is 0.326 e. The summed E-state index contributed by atoms with van der Waals surface area (Å²) in [5, 5.41) is 10.8. The number of ether oxygens (including phenoxy) is 2. The molecule has 5 rings (SSSR count). The summed E-state index contributed by atoms with van der Waals surface area (Å²) in [5.41, 5.74) is 3.47. The molecule has 2 atom stereocenters. The van der Waals surface area contributed by atoms with Crippen molar-refractivity contribution in [3.05, 3.63) is 59.3 Å².